The van der Waals surface area contributed by atoms with Crippen LogP contribution in [0.2, 0.25) is 0 Å². The van der Waals surface area contributed by atoms with Crippen LogP contribution in [0.4, 0.5) is 10.7 Å². The number of aromatic nitrogens is 2. The maximum atomic E-state index is 10.9. The molecule has 1 unspecified atom stereocenters. The van der Waals surface area contributed by atoms with Crippen LogP contribution in [0.5, 0.6) is 0 Å². The lowest BCUT2D eigenvalue weighted by Gasteiger charge is -2.05. The summed E-state index contributed by atoms with van der Waals surface area (Å²) >= 11 is 0. The van der Waals surface area contributed by atoms with Crippen molar-refractivity contribution in [2.45, 2.75) is 13.0 Å². The summed E-state index contributed by atoms with van der Waals surface area (Å²) in [5.74, 6) is 0.258. The Balaban J connectivity index is 2.69. The van der Waals surface area contributed by atoms with Crippen LogP contribution < -0.4 is 16.4 Å². The van der Waals surface area contributed by atoms with Crippen LogP contribution in [0.15, 0.2) is 12.4 Å². The zero-order valence-corrected chi connectivity index (χ0v) is 8.11. The number of rotatable bonds is 2. The summed E-state index contributed by atoms with van der Waals surface area (Å²) in [7, 11) is 1.52. The van der Waals surface area contributed by atoms with Crippen molar-refractivity contribution in [1.29, 1.82) is 0 Å². The Morgan fingerprint density at radius 1 is 1.50 bits per heavy atom. The quantitative estimate of drug-likeness (QED) is 0.630. The summed E-state index contributed by atoms with van der Waals surface area (Å²) in [6.07, 6.45) is 3.17. The van der Waals surface area contributed by atoms with Crippen LogP contribution in [-0.2, 0) is 0 Å². The lowest BCUT2D eigenvalue weighted by molar-refractivity contribution is 0.254. The number of hydrogen-bond donors (Lipinski definition) is 3. The minimum Gasteiger partial charge on any atom is -0.341 e. The Labute approximate surface area is 81.9 Å². The number of carbonyl (C=O) groups is 1. The summed E-state index contributed by atoms with van der Waals surface area (Å²) in [4.78, 5) is 18.7. The van der Waals surface area contributed by atoms with Crippen molar-refractivity contribution in [3.8, 4) is 0 Å². The lowest BCUT2D eigenvalue weighted by atomic mass is 10.2. The minimum atomic E-state index is -0.349. The fraction of sp³-hybridized carbons (Fsp3) is 0.375. The molecule has 4 N–H and O–H groups in total. The Hall–Kier alpha value is -1.69. The second-order valence-electron chi connectivity index (χ2n) is 2.83. The normalized spacial score (nSPS) is 11.9. The van der Waals surface area contributed by atoms with Crippen LogP contribution in [0.3, 0.4) is 0 Å². The first kappa shape index (κ1) is 10.4. The number of hydrogen-bond acceptors (Lipinski definition) is 4. The van der Waals surface area contributed by atoms with Crippen LogP contribution >= 0.6 is 0 Å². The fourth-order valence-corrected chi connectivity index (χ4v) is 0.802. The first-order valence-corrected chi connectivity index (χ1v) is 4.19. The third-order valence-corrected chi connectivity index (χ3v) is 1.65. The van der Waals surface area contributed by atoms with Gasteiger partial charge in [-0.3, -0.25) is 5.32 Å². The van der Waals surface area contributed by atoms with E-state index in [0.29, 0.717) is 0 Å². The highest BCUT2D eigenvalue weighted by Gasteiger charge is 2.03. The van der Waals surface area contributed by atoms with E-state index in [0.717, 1.165) is 5.56 Å². The highest BCUT2D eigenvalue weighted by molar-refractivity contribution is 5.86. The average molecular weight is 195 g/mol. The molecular weight excluding hydrogens is 182 g/mol. The molecule has 0 saturated carbocycles. The highest BCUT2D eigenvalue weighted by atomic mass is 16.2. The smallest absolute Gasteiger partial charge is 0.321 e. The number of urea groups is 1. The molecule has 1 aromatic rings. The number of nitrogens with one attached hydrogen (secondary N) is 2. The molecule has 6 nitrogen and oxygen atoms in total. The third kappa shape index (κ3) is 2.67. The molecule has 0 aliphatic heterocycles. The molecule has 1 aromatic heterocycles. The van der Waals surface area contributed by atoms with Crippen LogP contribution in [0.25, 0.3) is 0 Å². The summed E-state index contributed by atoms with van der Waals surface area (Å²) in [6.45, 7) is 1.84. The zero-order chi connectivity index (χ0) is 10.6. The molecule has 0 aliphatic carbocycles. The molecule has 0 bridgehead atoms. The molecule has 0 fully saturated rings. The molecule has 0 aromatic carbocycles. The van der Waals surface area contributed by atoms with Crippen molar-refractivity contribution < 1.29 is 4.79 Å². The van der Waals surface area contributed by atoms with E-state index in [9.17, 15) is 4.79 Å². The molecule has 0 radical (unpaired) electrons. The lowest BCUT2D eigenvalue weighted by Crippen LogP contribution is -2.25. The van der Waals surface area contributed by atoms with E-state index in [-0.39, 0.29) is 18.0 Å². The predicted molar refractivity (Wildman–Crippen MR) is 52.7 cm³/mol. The van der Waals surface area contributed by atoms with Gasteiger partial charge in [-0.15, -0.1) is 0 Å². The number of amides is 2. The molecule has 0 spiro atoms. The molecule has 6 heteroatoms. The Morgan fingerprint density at radius 2 is 2.07 bits per heavy atom. The molecule has 1 rings (SSSR count). The van der Waals surface area contributed by atoms with E-state index in [2.05, 4.69) is 20.6 Å². The molecule has 1 atom stereocenters. The van der Waals surface area contributed by atoms with Crippen LogP contribution in [-0.4, -0.2) is 23.0 Å². The molecule has 14 heavy (non-hydrogen) atoms. The SMILES string of the molecule is CNC(=O)Nc1ncc(C(C)N)cn1. The summed E-state index contributed by atoms with van der Waals surface area (Å²) < 4.78 is 0. The monoisotopic (exact) mass is 195 g/mol. The number of carbonyl (C=O) groups excluding carboxylic acids is 1. The highest BCUT2D eigenvalue weighted by Crippen LogP contribution is 2.07. The van der Waals surface area contributed by atoms with E-state index in [1.807, 2.05) is 6.92 Å². The van der Waals surface area contributed by atoms with Gasteiger partial charge >= 0.3 is 6.03 Å². The van der Waals surface area contributed by atoms with Gasteiger partial charge in [0.2, 0.25) is 5.95 Å². The molecular formula is C8H13N5O. The molecule has 1 heterocycles. The van der Waals surface area contributed by atoms with E-state index < -0.39 is 0 Å². The Bertz CT molecular complexity index is 308. The van der Waals surface area contributed by atoms with Crippen molar-refractivity contribution in [3.63, 3.8) is 0 Å². The summed E-state index contributed by atoms with van der Waals surface area (Å²) in [5.41, 5.74) is 6.44. The number of nitrogens with two attached hydrogens (primary N) is 1. The Morgan fingerprint density at radius 3 is 2.50 bits per heavy atom. The summed E-state index contributed by atoms with van der Waals surface area (Å²) in [5, 5.41) is 4.84. The second kappa shape index (κ2) is 4.52. The van der Waals surface area contributed by atoms with Crippen molar-refractivity contribution in [2.24, 2.45) is 5.73 Å². The standard InChI is InChI=1S/C8H13N5O/c1-5(9)6-3-11-7(12-4-6)13-8(14)10-2/h3-5H,9H2,1-2H3,(H2,10,11,12,13,14). The van der Waals surface area contributed by atoms with Crippen molar-refractivity contribution in [2.75, 3.05) is 12.4 Å². The number of nitrogens with zero attached hydrogens (tertiary/aromatic N) is 2. The van der Waals surface area contributed by atoms with Gasteiger partial charge in [0.1, 0.15) is 0 Å². The van der Waals surface area contributed by atoms with E-state index in [1.54, 1.807) is 12.4 Å². The van der Waals surface area contributed by atoms with Crippen molar-refractivity contribution in [1.82, 2.24) is 15.3 Å². The van der Waals surface area contributed by atoms with Gasteiger partial charge in [0.25, 0.3) is 0 Å². The van der Waals surface area contributed by atoms with E-state index >= 15 is 0 Å². The van der Waals surface area contributed by atoms with E-state index in [1.165, 1.54) is 7.05 Å². The largest absolute Gasteiger partial charge is 0.341 e. The molecule has 2 amide bonds. The fourth-order valence-electron chi connectivity index (χ4n) is 0.802. The third-order valence-electron chi connectivity index (χ3n) is 1.65. The van der Waals surface area contributed by atoms with Gasteiger partial charge in [-0.25, -0.2) is 14.8 Å². The molecule has 0 aliphatic rings. The van der Waals surface area contributed by atoms with Crippen LogP contribution in [0, 0.1) is 0 Å². The van der Waals surface area contributed by atoms with Gasteiger partial charge in [-0.05, 0) is 6.92 Å². The Kier molecular flexibility index (Phi) is 3.35. The summed E-state index contributed by atoms with van der Waals surface area (Å²) in [6, 6.07) is -0.456. The topological polar surface area (TPSA) is 92.9 Å². The average Bonchev–Trinajstić information content (AvgIpc) is 2.18. The molecule has 0 saturated heterocycles. The maximum absolute atomic E-state index is 10.9. The van der Waals surface area contributed by atoms with Gasteiger partial charge in [0.05, 0.1) is 0 Å². The van der Waals surface area contributed by atoms with Gasteiger partial charge in [0.15, 0.2) is 0 Å². The maximum Gasteiger partial charge on any atom is 0.321 e. The minimum absolute atomic E-state index is 0.107. The second-order valence-corrected chi connectivity index (χ2v) is 2.83. The van der Waals surface area contributed by atoms with Gasteiger partial charge in [-0.2, -0.15) is 0 Å². The van der Waals surface area contributed by atoms with Crippen LogP contribution in [0.1, 0.15) is 18.5 Å². The number of anilines is 1. The van der Waals surface area contributed by atoms with Crippen molar-refractivity contribution >= 4 is 12.0 Å². The van der Waals surface area contributed by atoms with Gasteiger partial charge < -0.3 is 11.1 Å². The first-order chi connectivity index (χ1) is 6.63. The predicted octanol–water partition coefficient (Wildman–Crippen LogP) is 0.248. The van der Waals surface area contributed by atoms with Crippen molar-refractivity contribution in [3.05, 3.63) is 18.0 Å². The van der Waals surface area contributed by atoms with Gasteiger partial charge in [0, 0.05) is 31.0 Å². The molecule has 76 valence electrons. The van der Waals surface area contributed by atoms with E-state index in [4.69, 9.17) is 5.73 Å². The van der Waals surface area contributed by atoms with Gasteiger partial charge in [-0.1, -0.05) is 0 Å². The first-order valence-electron chi connectivity index (χ1n) is 4.19. The zero-order valence-electron chi connectivity index (χ0n) is 8.11.